The number of ether oxygens (including phenoxy) is 1. The fourth-order valence-electron chi connectivity index (χ4n) is 3.80. The summed E-state index contributed by atoms with van der Waals surface area (Å²) in [5, 5.41) is 6.01. The van der Waals surface area contributed by atoms with E-state index in [1.54, 1.807) is 7.11 Å². The van der Waals surface area contributed by atoms with E-state index in [9.17, 15) is 4.79 Å². The van der Waals surface area contributed by atoms with Gasteiger partial charge in [0.05, 0.1) is 13.2 Å². The van der Waals surface area contributed by atoms with Gasteiger partial charge in [0.1, 0.15) is 5.75 Å². The maximum atomic E-state index is 12.4. The highest BCUT2D eigenvalue weighted by molar-refractivity contribution is 5.73. The van der Waals surface area contributed by atoms with Crippen LogP contribution in [-0.2, 0) is 6.54 Å². The zero-order valence-electron chi connectivity index (χ0n) is 17.4. The summed E-state index contributed by atoms with van der Waals surface area (Å²) in [7, 11) is 1.70. The van der Waals surface area contributed by atoms with Crippen LogP contribution in [0.2, 0.25) is 0 Å². The Hall–Kier alpha value is -2.57. The maximum absolute atomic E-state index is 12.4. The summed E-state index contributed by atoms with van der Waals surface area (Å²) in [6.45, 7) is 8.37. The monoisotopic (exact) mass is 396 g/mol. The molecule has 1 saturated heterocycles. The number of benzene rings is 2. The van der Waals surface area contributed by atoms with Gasteiger partial charge >= 0.3 is 6.03 Å². The lowest BCUT2D eigenvalue weighted by atomic mass is 10.0. The fraction of sp³-hybridized carbons (Fsp3) is 0.435. The van der Waals surface area contributed by atoms with E-state index in [1.165, 1.54) is 0 Å². The minimum atomic E-state index is -0.152. The van der Waals surface area contributed by atoms with E-state index in [2.05, 4.69) is 33.4 Å². The van der Waals surface area contributed by atoms with Crippen LogP contribution in [0.25, 0.3) is 0 Å². The number of piperazine rings is 1. The number of urea groups is 1. The maximum Gasteiger partial charge on any atom is 0.315 e. The van der Waals surface area contributed by atoms with Crippen LogP contribution < -0.4 is 15.4 Å². The van der Waals surface area contributed by atoms with Crippen molar-refractivity contribution in [3.8, 4) is 5.75 Å². The zero-order chi connectivity index (χ0) is 20.5. The molecule has 1 fully saturated rings. The van der Waals surface area contributed by atoms with E-state index in [0.717, 1.165) is 49.6 Å². The molecular weight excluding hydrogens is 364 g/mol. The minimum Gasteiger partial charge on any atom is -0.496 e. The van der Waals surface area contributed by atoms with Gasteiger partial charge in [-0.3, -0.25) is 4.90 Å². The molecule has 0 aliphatic carbocycles. The number of carbonyl (C=O) groups excluding carboxylic acids is 1. The van der Waals surface area contributed by atoms with Gasteiger partial charge in [0.2, 0.25) is 0 Å². The third-order valence-corrected chi connectivity index (χ3v) is 5.54. The lowest BCUT2D eigenvalue weighted by molar-refractivity contribution is 0.0978. The van der Waals surface area contributed by atoms with Crippen LogP contribution in [0.5, 0.6) is 5.75 Å². The van der Waals surface area contributed by atoms with Gasteiger partial charge in [0.25, 0.3) is 0 Å². The molecule has 0 radical (unpaired) electrons. The Morgan fingerprint density at radius 3 is 2.38 bits per heavy atom. The number of hydrogen-bond donors (Lipinski definition) is 2. The Kier molecular flexibility index (Phi) is 7.90. The van der Waals surface area contributed by atoms with E-state index in [-0.39, 0.29) is 12.1 Å². The lowest BCUT2D eigenvalue weighted by Crippen LogP contribution is -2.50. The fourth-order valence-corrected chi connectivity index (χ4v) is 3.80. The summed E-state index contributed by atoms with van der Waals surface area (Å²) in [4.78, 5) is 17.3. The molecule has 1 atom stereocenters. The number of carbonyl (C=O) groups is 1. The highest BCUT2D eigenvalue weighted by Gasteiger charge is 2.27. The Labute approximate surface area is 173 Å². The summed E-state index contributed by atoms with van der Waals surface area (Å²) in [5.41, 5.74) is 2.20. The van der Waals surface area contributed by atoms with Gasteiger partial charge in [-0.05, 0) is 18.2 Å². The van der Waals surface area contributed by atoms with E-state index >= 15 is 0 Å². The molecule has 6 nitrogen and oxygen atoms in total. The largest absolute Gasteiger partial charge is 0.496 e. The van der Waals surface area contributed by atoms with Crippen LogP contribution in [0.3, 0.4) is 0 Å². The van der Waals surface area contributed by atoms with Crippen molar-refractivity contribution in [2.75, 3.05) is 46.4 Å². The first-order valence-corrected chi connectivity index (χ1v) is 10.4. The molecule has 2 aromatic carbocycles. The first-order valence-electron chi connectivity index (χ1n) is 10.4. The first-order chi connectivity index (χ1) is 14.2. The second-order valence-corrected chi connectivity index (χ2v) is 7.28. The SMILES string of the molecule is CCN1CCN(C(CNC(=O)NCc2ccccc2)c2ccccc2OC)CC1. The molecule has 0 spiro atoms. The smallest absolute Gasteiger partial charge is 0.315 e. The van der Waals surface area contributed by atoms with Crippen LogP contribution in [0.15, 0.2) is 54.6 Å². The highest BCUT2D eigenvalue weighted by atomic mass is 16.5. The van der Waals surface area contributed by atoms with Crippen molar-refractivity contribution in [2.24, 2.45) is 0 Å². The predicted molar refractivity (Wildman–Crippen MR) is 116 cm³/mol. The molecule has 0 bridgehead atoms. The van der Waals surface area contributed by atoms with Crippen LogP contribution in [0.1, 0.15) is 24.1 Å². The Morgan fingerprint density at radius 1 is 1.00 bits per heavy atom. The van der Waals surface area contributed by atoms with Crippen molar-refractivity contribution in [1.82, 2.24) is 20.4 Å². The first kappa shape index (κ1) is 21.1. The van der Waals surface area contributed by atoms with Gasteiger partial charge in [-0.1, -0.05) is 55.5 Å². The van der Waals surface area contributed by atoms with E-state index in [0.29, 0.717) is 13.1 Å². The second-order valence-electron chi connectivity index (χ2n) is 7.28. The molecule has 0 aromatic heterocycles. The molecule has 2 amide bonds. The van der Waals surface area contributed by atoms with Gasteiger partial charge in [-0.15, -0.1) is 0 Å². The average molecular weight is 397 g/mol. The van der Waals surface area contributed by atoms with E-state index in [1.807, 2.05) is 48.5 Å². The van der Waals surface area contributed by atoms with E-state index < -0.39 is 0 Å². The van der Waals surface area contributed by atoms with Crippen molar-refractivity contribution in [3.63, 3.8) is 0 Å². The average Bonchev–Trinajstić information content (AvgIpc) is 2.79. The molecule has 1 aliphatic rings. The van der Waals surface area contributed by atoms with Crippen LogP contribution in [0, 0.1) is 0 Å². The molecule has 1 heterocycles. The Bertz CT molecular complexity index is 760. The summed E-state index contributed by atoms with van der Waals surface area (Å²) in [6, 6.07) is 17.9. The zero-order valence-corrected chi connectivity index (χ0v) is 17.4. The van der Waals surface area contributed by atoms with E-state index in [4.69, 9.17) is 4.74 Å². The quantitative estimate of drug-likeness (QED) is 0.720. The summed E-state index contributed by atoms with van der Waals surface area (Å²) >= 11 is 0. The van der Waals surface area contributed by atoms with Crippen LogP contribution in [-0.4, -0.2) is 62.2 Å². The number of hydrogen-bond acceptors (Lipinski definition) is 4. The summed E-state index contributed by atoms with van der Waals surface area (Å²) in [5.74, 6) is 0.863. The molecule has 1 aliphatic heterocycles. The highest BCUT2D eigenvalue weighted by Crippen LogP contribution is 2.29. The number of para-hydroxylation sites is 1. The van der Waals surface area contributed by atoms with Gasteiger partial charge in [-0.2, -0.15) is 0 Å². The Morgan fingerprint density at radius 2 is 1.69 bits per heavy atom. The number of nitrogens with zero attached hydrogens (tertiary/aromatic N) is 2. The van der Waals surface area contributed by atoms with Crippen molar-refractivity contribution in [2.45, 2.75) is 19.5 Å². The summed E-state index contributed by atoms with van der Waals surface area (Å²) in [6.07, 6.45) is 0. The molecule has 0 saturated carbocycles. The van der Waals surface area contributed by atoms with Gasteiger partial charge in [0.15, 0.2) is 0 Å². The number of nitrogens with one attached hydrogen (secondary N) is 2. The van der Waals surface area contributed by atoms with Crippen molar-refractivity contribution in [1.29, 1.82) is 0 Å². The number of likely N-dealkylation sites (N-methyl/N-ethyl adjacent to an activating group) is 1. The molecular formula is C23H32N4O2. The Balaban J connectivity index is 1.64. The van der Waals surface area contributed by atoms with Crippen LogP contribution >= 0.6 is 0 Å². The van der Waals surface area contributed by atoms with Crippen molar-refractivity contribution >= 4 is 6.03 Å². The molecule has 156 valence electrons. The molecule has 29 heavy (non-hydrogen) atoms. The summed E-state index contributed by atoms with van der Waals surface area (Å²) < 4.78 is 5.61. The third kappa shape index (κ3) is 5.95. The number of methoxy groups -OCH3 is 1. The molecule has 2 aromatic rings. The number of amides is 2. The normalized spacial score (nSPS) is 16.2. The molecule has 1 unspecified atom stereocenters. The van der Waals surface area contributed by atoms with Crippen molar-refractivity contribution < 1.29 is 9.53 Å². The number of rotatable bonds is 8. The lowest BCUT2D eigenvalue weighted by Gasteiger charge is -2.39. The second kappa shape index (κ2) is 10.8. The van der Waals surface area contributed by atoms with Gasteiger partial charge < -0.3 is 20.3 Å². The van der Waals surface area contributed by atoms with Gasteiger partial charge in [-0.25, -0.2) is 4.79 Å². The van der Waals surface area contributed by atoms with Crippen molar-refractivity contribution in [3.05, 3.63) is 65.7 Å². The predicted octanol–water partition coefficient (Wildman–Crippen LogP) is 2.87. The van der Waals surface area contributed by atoms with Gasteiger partial charge in [0, 0.05) is 44.8 Å². The third-order valence-electron chi connectivity index (χ3n) is 5.54. The molecule has 2 N–H and O–H groups in total. The minimum absolute atomic E-state index is 0.0765. The molecule has 6 heteroatoms. The van der Waals surface area contributed by atoms with Crippen LogP contribution in [0.4, 0.5) is 4.79 Å². The standard InChI is InChI=1S/C23H32N4O2/c1-3-26-13-15-27(16-14-26)21(20-11-7-8-12-22(20)29-2)18-25-23(28)24-17-19-9-5-4-6-10-19/h4-12,21H,3,13-18H2,1-2H3,(H2,24,25,28). The topological polar surface area (TPSA) is 56.8 Å². The molecule has 3 rings (SSSR count).